The van der Waals surface area contributed by atoms with Crippen LogP contribution in [0.25, 0.3) is 0 Å². The highest BCUT2D eigenvalue weighted by Crippen LogP contribution is 2.25. The smallest absolute Gasteiger partial charge is 0.319 e. The molecule has 6 nitrogen and oxygen atoms in total. The van der Waals surface area contributed by atoms with Gasteiger partial charge in [0.15, 0.2) is 9.84 Å². The number of carbonyl (C=O) groups is 1. The SMILES string of the molecule is Cc1ccc(CNC(=O)Nc2ccc(S(=O)(=O)Cc3ccc4c(c3)CN(C)C4)cc2)cc1Cl. The number of rotatable bonds is 6. The molecule has 0 aromatic heterocycles. The molecule has 0 aliphatic carbocycles. The lowest BCUT2D eigenvalue weighted by atomic mass is 10.1. The van der Waals surface area contributed by atoms with Gasteiger partial charge in [0.1, 0.15) is 0 Å². The van der Waals surface area contributed by atoms with Crippen molar-refractivity contribution in [2.45, 2.75) is 37.2 Å². The van der Waals surface area contributed by atoms with Crippen molar-refractivity contribution in [1.82, 2.24) is 10.2 Å². The van der Waals surface area contributed by atoms with Gasteiger partial charge in [-0.25, -0.2) is 13.2 Å². The molecule has 2 N–H and O–H groups in total. The maximum absolute atomic E-state index is 12.9. The van der Waals surface area contributed by atoms with Crippen molar-refractivity contribution in [3.8, 4) is 0 Å². The van der Waals surface area contributed by atoms with Gasteiger partial charge in [-0.2, -0.15) is 0 Å². The predicted molar refractivity (Wildman–Crippen MR) is 131 cm³/mol. The molecule has 0 spiro atoms. The van der Waals surface area contributed by atoms with Gasteiger partial charge in [0.2, 0.25) is 0 Å². The highest BCUT2D eigenvalue weighted by molar-refractivity contribution is 7.90. The normalized spacial score (nSPS) is 13.5. The van der Waals surface area contributed by atoms with E-state index in [1.807, 2.05) is 50.4 Å². The molecule has 8 heteroatoms. The van der Waals surface area contributed by atoms with Gasteiger partial charge in [0, 0.05) is 30.3 Å². The number of hydrogen-bond donors (Lipinski definition) is 2. The molecule has 172 valence electrons. The summed E-state index contributed by atoms with van der Waals surface area (Å²) in [5, 5.41) is 6.13. The zero-order valence-corrected chi connectivity index (χ0v) is 20.1. The van der Waals surface area contributed by atoms with E-state index >= 15 is 0 Å². The lowest BCUT2D eigenvalue weighted by molar-refractivity contribution is 0.251. The number of benzene rings is 3. The van der Waals surface area contributed by atoms with Gasteiger partial charge in [-0.1, -0.05) is 41.9 Å². The Labute approximate surface area is 199 Å². The average molecular weight is 484 g/mol. The Morgan fingerprint density at radius 2 is 1.67 bits per heavy atom. The Morgan fingerprint density at radius 1 is 0.970 bits per heavy atom. The second-order valence-corrected chi connectivity index (χ2v) is 10.8. The summed E-state index contributed by atoms with van der Waals surface area (Å²) in [5.41, 5.74) is 5.58. The summed E-state index contributed by atoms with van der Waals surface area (Å²) in [4.78, 5) is 14.6. The Morgan fingerprint density at radius 3 is 2.39 bits per heavy atom. The molecular weight excluding hydrogens is 458 g/mol. The van der Waals surface area contributed by atoms with Crippen molar-refractivity contribution in [3.05, 3.63) is 93.5 Å². The summed E-state index contributed by atoms with van der Waals surface area (Å²) in [7, 11) is -1.45. The third-order valence-electron chi connectivity index (χ3n) is 5.67. The van der Waals surface area contributed by atoms with Crippen molar-refractivity contribution >= 4 is 33.2 Å². The second-order valence-electron chi connectivity index (χ2n) is 8.45. The molecule has 0 atom stereocenters. The van der Waals surface area contributed by atoms with Gasteiger partial charge in [-0.3, -0.25) is 4.90 Å². The molecule has 1 aliphatic rings. The van der Waals surface area contributed by atoms with Crippen LogP contribution in [0.5, 0.6) is 0 Å². The van der Waals surface area contributed by atoms with E-state index in [9.17, 15) is 13.2 Å². The Kier molecular flexibility index (Phi) is 6.74. The Balaban J connectivity index is 1.35. The number of nitrogens with one attached hydrogen (secondary N) is 2. The third-order valence-corrected chi connectivity index (χ3v) is 7.78. The maximum atomic E-state index is 12.9. The van der Waals surface area contributed by atoms with Crippen LogP contribution in [0.2, 0.25) is 5.02 Å². The Bertz CT molecular complexity index is 1290. The van der Waals surface area contributed by atoms with Crippen LogP contribution in [0, 0.1) is 6.92 Å². The zero-order valence-electron chi connectivity index (χ0n) is 18.6. The number of nitrogens with zero attached hydrogens (tertiary/aromatic N) is 1. The van der Waals surface area contributed by atoms with Crippen molar-refractivity contribution in [2.24, 2.45) is 0 Å². The van der Waals surface area contributed by atoms with E-state index in [1.54, 1.807) is 12.1 Å². The predicted octanol–water partition coefficient (Wildman–Crippen LogP) is 4.89. The van der Waals surface area contributed by atoms with E-state index in [0.717, 1.165) is 29.8 Å². The lowest BCUT2D eigenvalue weighted by Crippen LogP contribution is -2.28. The minimum atomic E-state index is -3.50. The van der Waals surface area contributed by atoms with Crippen molar-refractivity contribution in [1.29, 1.82) is 0 Å². The molecule has 0 unspecified atom stereocenters. The number of fused-ring (bicyclic) bond motifs is 1. The summed E-state index contributed by atoms with van der Waals surface area (Å²) < 4.78 is 25.8. The first-order valence-corrected chi connectivity index (χ1v) is 12.6. The lowest BCUT2D eigenvalue weighted by Gasteiger charge is -2.10. The van der Waals surface area contributed by atoms with Crippen LogP contribution in [0.4, 0.5) is 10.5 Å². The number of urea groups is 1. The molecule has 2 amide bonds. The number of aryl methyl sites for hydroxylation is 1. The first kappa shape index (κ1) is 23.3. The van der Waals surface area contributed by atoms with Crippen LogP contribution in [-0.4, -0.2) is 26.4 Å². The molecule has 33 heavy (non-hydrogen) atoms. The van der Waals surface area contributed by atoms with Crippen molar-refractivity contribution in [2.75, 3.05) is 12.4 Å². The average Bonchev–Trinajstić information content (AvgIpc) is 3.14. The fourth-order valence-electron chi connectivity index (χ4n) is 3.86. The summed E-state index contributed by atoms with van der Waals surface area (Å²) in [6, 6.07) is 17.3. The second kappa shape index (κ2) is 9.55. The first-order chi connectivity index (χ1) is 15.7. The molecule has 0 saturated carbocycles. The monoisotopic (exact) mass is 483 g/mol. The number of halogens is 1. The molecule has 4 rings (SSSR count). The summed E-state index contributed by atoms with van der Waals surface area (Å²) in [5.74, 6) is -0.0592. The van der Waals surface area contributed by atoms with Crippen LogP contribution >= 0.6 is 11.6 Å². The quantitative estimate of drug-likeness (QED) is 0.523. The number of carbonyl (C=O) groups excluding carboxylic acids is 1. The molecule has 0 bridgehead atoms. The number of sulfone groups is 1. The number of hydrogen-bond acceptors (Lipinski definition) is 4. The zero-order chi connectivity index (χ0) is 23.6. The fraction of sp³-hybridized carbons (Fsp3) is 0.240. The van der Waals surface area contributed by atoms with Crippen LogP contribution < -0.4 is 10.6 Å². The van der Waals surface area contributed by atoms with E-state index in [0.29, 0.717) is 17.3 Å². The largest absolute Gasteiger partial charge is 0.334 e. The molecule has 3 aromatic rings. The van der Waals surface area contributed by atoms with E-state index < -0.39 is 9.84 Å². The van der Waals surface area contributed by atoms with Crippen LogP contribution in [0.3, 0.4) is 0 Å². The van der Waals surface area contributed by atoms with E-state index in [-0.39, 0.29) is 16.7 Å². The van der Waals surface area contributed by atoms with Gasteiger partial charge in [-0.15, -0.1) is 0 Å². The summed E-state index contributed by atoms with van der Waals surface area (Å²) >= 11 is 6.11. The maximum Gasteiger partial charge on any atom is 0.319 e. The molecule has 1 aliphatic heterocycles. The topological polar surface area (TPSA) is 78.5 Å². The van der Waals surface area contributed by atoms with E-state index in [1.165, 1.54) is 23.3 Å². The van der Waals surface area contributed by atoms with Gasteiger partial charge in [0.25, 0.3) is 0 Å². The molecule has 0 saturated heterocycles. The minimum absolute atomic E-state index is 0.0592. The first-order valence-electron chi connectivity index (χ1n) is 10.6. The van der Waals surface area contributed by atoms with Gasteiger partial charge in [-0.05, 0) is 72.1 Å². The van der Waals surface area contributed by atoms with Crippen LogP contribution in [0.1, 0.15) is 27.8 Å². The van der Waals surface area contributed by atoms with Gasteiger partial charge >= 0.3 is 6.03 Å². The van der Waals surface area contributed by atoms with Crippen LogP contribution in [-0.2, 0) is 35.2 Å². The number of amides is 2. The summed E-state index contributed by atoms with van der Waals surface area (Å²) in [6.45, 7) is 3.97. The van der Waals surface area contributed by atoms with Crippen molar-refractivity contribution in [3.63, 3.8) is 0 Å². The van der Waals surface area contributed by atoms with Gasteiger partial charge in [0.05, 0.1) is 10.6 Å². The highest BCUT2D eigenvalue weighted by Gasteiger charge is 2.19. The van der Waals surface area contributed by atoms with E-state index in [4.69, 9.17) is 11.6 Å². The fourth-order valence-corrected chi connectivity index (χ4v) is 5.40. The Hall–Kier alpha value is -2.87. The molecule has 0 fully saturated rings. The minimum Gasteiger partial charge on any atom is -0.334 e. The molecule has 3 aromatic carbocycles. The highest BCUT2D eigenvalue weighted by atomic mass is 35.5. The molecule has 1 heterocycles. The van der Waals surface area contributed by atoms with Crippen molar-refractivity contribution < 1.29 is 13.2 Å². The van der Waals surface area contributed by atoms with E-state index in [2.05, 4.69) is 15.5 Å². The van der Waals surface area contributed by atoms with Gasteiger partial charge < -0.3 is 10.6 Å². The number of anilines is 1. The summed E-state index contributed by atoms with van der Waals surface area (Å²) in [6.07, 6.45) is 0. The van der Waals surface area contributed by atoms with Crippen LogP contribution in [0.15, 0.2) is 65.6 Å². The molecule has 0 radical (unpaired) electrons. The third kappa shape index (κ3) is 5.74. The standard InChI is InChI=1S/C25H26ClN3O3S/c1-17-3-4-18(12-24(17)26)13-27-25(30)28-22-7-9-23(10-8-22)33(31,32)16-19-5-6-20-14-29(2)15-21(20)11-19/h3-12H,13-16H2,1-2H3,(H2,27,28,30). The molecular formula is C25H26ClN3O3S.